The molecular weight excluding hydrogens is 256 g/mol. The fraction of sp³-hybridized carbons (Fsp3) is 0.867. The minimum Gasteiger partial charge on any atom is -0.481 e. The third-order valence-corrected chi connectivity index (χ3v) is 4.42. The van der Waals surface area contributed by atoms with Crippen molar-refractivity contribution in [1.29, 1.82) is 0 Å². The lowest BCUT2D eigenvalue weighted by Crippen LogP contribution is -2.54. The molecule has 4 N–H and O–H groups in total. The van der Waals surface area contributed by atoms with E-state index in [2.05, 4.69) is 19.2 Å². The van der Waals surface area contributed by atoms with Gasteiger partial charge in [0.15, 0.2) is 0 Å². The number of carbonyl (C=O) groups excluding carboxylic acids is 1. The number of amides is 1. The second kappa shape index (κ2) is 7.07. The smallest absolute Gasteiger partial charge is 0.311 e. The molecule has 0 radical (unpaired) electrons. The molecular formula is C15H28N2O3. The molecule has 0 aromatic carbocycles. The van der Waals surface area contributed by atoms with Crippen LogP contribution < -0.4 is 11.1 Å². The number of hydrogen-bond acceptors (Lipinski definition) is 3. The SMILES string of the molecule is CC(C)CC(CN)C(=O)NC1CCCCC1(C)C(=O)O. The minimum absolute atomic E-state index is 0.0967. The van der Waals surface area contributed by atoms with Gasteiger partial charge in [0.2, 0.25) is 5.91 Å². The van der Waals surface area contributed by atoms with Crippen LogP contribution in [0.2, 0.25) is 0 Å². The summed E-state index contributed by atoms with van der Waals surface area (Å²) >= 11 is 0. The van der Waals surface area contributed by atoms with Crippen molar-refractivity contribution in [2.24, 2.45) is 23.0 Å². The van der Waals surface area contributed by atoms with E-state index in [4.69, 9.17) is 5.73 Å². The summed E-state index contributed by atoms with van der Waals surface area (Å²) in [5.41, 5.74) is 4.82. The summed E-state index contributed by atoms with van der Waals surface area (Å²) in [7, 11) is 0. The second-order valence-electron chi connectivity index (χ2n) is 6.59. The first-order valence-corrected chi connectivity index (χ1v) is 7.55. The molecule has 5 nitrogen and oxygen atoms in total. The van der Waals surface area contributed by atoms with Gasteiger partial charge in [-0.3, -0.25) is 9.59 Å². The summed E-state index contributed by atoms with van der Waals surface area (Å²) in [5.74, 6) is -0.752. The summed E-state index contributed by atoms with van der Waals surface area (Å²) in [6.45, 7) is 6.15. The van der Waals surface area contributed by atoms with Crippen molar-refractivity contribution in [2.45, 2.75) is 58.9 Å². The number of aliphatic carboxylic acids is 1. The Morgan fingerprint density at radius 3 is 2.55 bits per heavy atom. The first kappa shape index (κ1) is 17.0. The molecule has 1 saturated carbocycles. The Morgan fingerprint density at radius 1 is 1.40 bits per heavy atom. The molecule has 1 aliphatic carbocycles. The van der Waals surface area contributed by atoms with Crippen molar-refractivity contribution in [1.82, 2.24) is 5.32 Å². The van der Waals surface area contributed by atoms with E-state index in [1.165, 1.54) is 0 Å². The van der Waals surface area contributed by atoms with Crippen LogP contribution in [-0.4, -0.2) is 29.6 Å². The summed E-state index contributed by atoms with van der Waals surface area (Å²) in [6, 6.07) is -0.289. The fourth-order valence-electron chi connectivity index (χ4n) is 2.99. The number of carbonyl (C=O) groups is 2. The van der Waals surface area contributed by atoms with Gasteiger partial charge in [-0.2, -0.15) is 0 Å². The van der Waals surface area contributed by atoms with Crippen molar-refractivity contribution >= 4 is 11.9 Å². The maximum atomic E-state index is 12.3. The van der Waals surface area contributed by atoms with Crippen molar-refractivity contribution in [3.63, 3.8) is 0 Å². The lowest BCUT2D eigenvalue weighted by molar-refractivity contribution is -0.152. The molecule has 1 aliphatic rings. The monoisotopic (exact) mass is 284 g/mol. The molecule has 20 heavy (non-hydrogen) atoms. The average Bonchev–Trinajstić information content (AvgIpc) is 2.38. The summed E-state index contributed by atoms with van der Waals surface area (Å²) in [5, 5.41) is 12.4. The van der Waals surface area contributed by atoms with Crippen LogP contribution in [0.5, 0.6) is 0 Å². The molecule has 3 unspecified atom stereocenters. The predicted molar refractivity (Wildman–Crippen MR) is 78.1 cm³/mol. The largest absolute Gasteiger partial charge is 0.481 e. The van der Waals surface area contributed by atoms with Gasteiger partial charge < -0.3 is 16.2 Å². The Kier molecular flexibility index (Phi) is 5.99. The lowest BCUT2D eigenvalue weighted by atomic mass is 9.71. The Bertz CT molecular complexity index is 357. The number of nitrogens with two attached hydrogens (primary N) is 1. The molecule has 0 spiro atoms. The third-order valence-electron chi connectivity index (χ3n) is 4.42. The van der Waals surface area contributed by atoms with Crippen molar-refractivity contribution in [3.05, 3.63) is 0 Å². The standard InChI is InChI=1S/C15H28N2O3/c1-10(2)8-11(9-16)13(18)17-12-6-4-5-7-15(12,3)14(19)20/h10-12H,4-9,16H2,1-3H3,(H,17,18)(H,19,20). The highest BCUT2D eigenvalue weighted by Gasteiger charge is 2.44. The number of carboxylic acid groups (broad SMARTS) is 1. The number of carboxylic acids is 1. The molecule has 0 heterocycles. The van der Waals surface area contributed by atoms with E-state index in [0.717, 1.165) is 25.7 Å². The molecule has 3 atom stereocenters. The highest BCUT2D eigenvalue weighted by atomic mass is 16.4. The molecule has 0 aliphatic heterocycles. The fourth-order valence-corrected chi connectivity index (χ4v) is 2.99. The topological polar surface area (TPSA) is 92.4 Å². The van der Waals surface area contributed by atoms with Crippen LogP contribution in [0, 0.1) is 17.3 Å². The molecule has 0 bridgehead atoms. The summed E-state index contributed by atoms with van der Waals surface area (Å²) < 4.78 is 0. The maximum Gasteiger partial charge on any atom is 0.311 e. The van der Waals surface area contributed by atoms with Gasteiger partial charge in [-0.05, 0) is 32.1 Å². The summed E-state index contributed by atoms with van der Waals surface area (Å²) in [6.07, 6.45) is 3.95. The Morgan fingerprint density at radius 2 is 2.05 bits per heavy atom. The van der Waals surface area contributed by atoms with Gasteiger partial charge in [0.25, 0.3) is 0 Å². The zero-order valence-electron chi connectivity index (χ0n) is 12.8. The quantitative estimate of drug-likeness (QED) is 0.693. The van der Waals surface area contributed by atoms with Crippen LogP contribution in [0.25, 0.3) is 0 Å². The molecule has 116 valence electrons. The molecule has 1 fully saturated rings. The molecule has 1 rings (SSSR count). The molecule has 1 amide bonds. The number of hydrogen-bond donors (Lipinski definition) is 3. The molecule has 0 saturated heterocycles. The van der Waals surface area contributed by atoms with Crippen molar-refractivity contribution in [3.8, 4) is 0 Å². The van der Waals surface area contributed by atoms with E-state index >= 15 is 0 Å². The average molecular weight is 284 g/mol. The maximum absolute atomic E-state index is 12.3. The normalized spacial score (nSPS) is 28.1. The highest BCUT2D eigenvalue weighted by Crippen LogP contribution is 2.36. The second-order valence-corrected chi connectivity index (χ2v) is 6.59. The van der Waals surface area contributed by atoms with Crippen LogP contribution in [0.1, 0.15) is 52.9 Å². The van der Waals surface area contributed by atoms with Crippen LogP contribution in [0.4, 0.5) is 0 Å². The number of rotatable bonds is 6. The van der Waals surface area contributed by atoms with Gasteiger partial charge in [-0.25, -0.2) is 0 Å². The zero-order valence-corrected chi connectivity index (χ0v) is 12.8. The van der Waals surface area contributed by atoms with Gasteiger partial charge in [-0.1, -0.05) is 26.7 Å². The first-order chi connectivity index (χ1) is 9.31. The molecule has 5 heteroatoms. The third kappa shape index (κ3) is 3.95. The van der Waals surface area contributed by atoms with Crippen molar-refractivity contribution < 1.29 is 14.7 Å². The van der Waals surface area contributed by atoms with Crippen LogP contribution in [0.15, 0.2) is 0 Å². The first-order valence-electron chi connectivity index (χ1n) is 7.55. The number of nitrogens with one attached hydrogen (secondary N) is 1. The van der Waals surface area contributed by atoms with E-state index in [-0.39, 0.29) is 17.9 Å². The van der Waals surface area contributed by atoms with Crippen LogP contribution in [0.3, 0.4) is 0 Å². The van der Waals surface area contributed by atoms with E-state index in [1.54, 1.807) is 6.92 Å². The van der Waals surface area contributed by atoms with Crippen molar-refractivity contribution in [2.75, 3.05) is 6.54 Å². The van der Waals surface area contributed by atoms with Gasteiger partial charge in [0.05, 0.1) is 11.3 Å². The highest BCUT2D eigenvalue weighted by molar-refractivity contribution is 5.81. The molecule has 0 aromatic rings. The minimum atomic E-state index is -0.856. The van der Waals surface area contributed by atoms with E-state index in [9.17, 15) is 14.7 Å². The zero-order chi connectivity index (χ0) is 15.3. The Labute approximate surface area is 121 Å². The van der Waals surface area contributed by atoms with Crippen LogP contribution >= 0.6 is 0 Å². The van der Waals surface area contributed by atoms with Gasteiger partial charge in [-0.15, -0.1) is 0 Å². The van der Waals surface area contributed by atoms with E-state index < -0.39 is 11.4 Å². The van der Waals surface area contributed by atoms with Gasteiger partial charge in [0, 0.05) is 12.6 Å². The molecule has 0 aromatic heterocycles. The predicted octanol–water partition coefficient (Wildman–Crippen LogP) is 1.76. The van der Waals surface area contributed by atoms with Gasteiger partial charge >= 0.3 is 5.97 Å². The van der Waals surface area contributed by atoms with E-state index in [0.29, 0.717) is 18.9 Å². The Balaban J connectivity index is 2.73. The lowest BCUT2D eigenvalue weighted by Gasteiger charge is -2.39. The Hall–Kier alpha value is -1.10. The summed E-state index contributed by atoms with van der Waals surface area (Å²) in [4.78, 5) is 23.8. The van der Waals surface area contributed by atoms with Crippen LogP contribution in [-0.2, 0) is 9.59 Å². The van der Waals surface area contributed by atoms with E-state index in [1.807, 2.05) is 0 Å². The van der Waals surface area contributed by atoms with Gasteiger partial charge in [0.1, 0.15) is 0 Å².